The van der Waals surface area contributed by atoms with E-state index < -0.39 is 0 Å². The zero-order chi connectivity index (χ0) is 21.6. The fourth-order valence-corrected chi connectivity index (χ4v) is 3.94. The van der Waals surface area contributed by atoms with E-state index in [4.69, 9.17) is 0 Å². The van der Waals surface area contributed by atoms with E-state index >= 15 is 0 Å². The van der Waals surface area contributed by atoms with E-state index in [1.165, 1.54) is 16.3 Å². The van der Waals surface area contributed by atoms with Crippen LogP contribution in [-0.2, 0) is 17.6 Å². The molecule has 3 heterocycles. The highest BCUT2D eigenvalue weighted by molar-refractivity contribution is 7.13. The number of benzene rings is 1. The molecule has 0 saturated carbocycles. The van der Waals surface area contributed by atoms with Gasteiger partial charge in [-0.3, -0.25) is 14.6 Å². The largest absolute Gasteiger partial charge is 0.310 e. The van der Waals surface area contributed by atoms with Crippen molar-refractivity contribution in [3.63, 3.8) is 0 Å². The van der Waals surface area contributed by atoms with Gasteiger partial charge >= 0.3 is 0 Å². The summed E-state index contributed by atoms with van der Waals surface area (Å²) in [4.78, 5) is 32.9. The Balaban J connectivity index is 1.56. The van der Waals surface area contributed by atoms with Crippen LogP contribution >= 0.6 is 11.3 Å². The molecule has 0 saturated heterocycles. The summed E-state index contributed by atoms with van der Waals surface area (Å²) in [5.41, 5.74) is 2.32. The van der Waals surface area contributed by atoms with E-state index in [-0.39, 0.29) is 17.4 Å². The number of H-pyrrole nitrogens is 1. The van der Waals surface area contributed by atoms with Crippen molar-refractivity contribution in [1.29, 1.82) is 0 Å². The third kappa shape index (κ3) is 5.16. The van der Waals surface area contributed by atoms with Gasteiger partial charge in [-0.1, -0.05) is 43.3 Å². The maximum absolute atomic E-state index is 12.6. The molecule has 0 spiro atoms. The monoisotopic (exact) mass is 433 g/mol. The third-order valence-electron chi connectivity index (χ3n) is 4.81. The Kier molecular flexibility index (Phi) is 6.37. The second-order valence-electron chi connectivity index (χ2n) is 7.11. The Labute approximate surface area is 183 Å². The van der Waals surface area contributed by atoms with Crippen LogP contribution < -0.4 is 10.9 Å². The van der Waals surface area contributed by atoms with Crippen molar-refractivity contribution < 1.29 is 4.79 Å². The summed E-state index contributed by atoms with van der Waals surface area (Å²) >= 11 is 1.55. The van der Waals surface area contributed by atoms with E-state index in [1.807, 2.05) is 42.6 Å². The molecule has 158 valence electrons. The SMILES string of the molecule is CCc1cc(=O)[nH]c(-n2nc(-c3cccs3)cc2NC(=O)CCCc2ccccc2)n1. The summed E-state index contributed by atoms with van der Waals surface area (Å²) in [6.07, 6.45) is 2.58. The number of aromatic amines is 1. The molecule has 4 rings (SSSR count). The first-order valence-corrected chi connectivity index (χ1v) is 11.1. The number of amides is 1. The summed E-state index contributed by atoms with van der Waals surface area (Å²) in [6.45, 7) is 1.93. The van der Waals surface area contributed by atoms with Crippen LogP contribution in [0.4, 0.5) is 5.82 Å². The Morgan fingerprint density at radius 1 is 1.16 bits per heavy atom. The van der Waals surface area contributed by atoms with Gasteiger partial charge in [-0.05, 0) is 36.3 Å². The number of nitrogens with zero attached hydrogens (tertiary/aromatic N) is 3. The zero-order valence-corrected chi connectivity index (χ0v) is 18.0. The van der Waals surface area contributed by atoms with Gasteiger partial charge in [0.05, 0.1) is 4.88 Å². The molecule has 2 N–H and O–H groups in total. The summed E-state index contributed by atoms with van der Waals surface area (Å²) in [5.74, 6) is 0.653. The fraction of sp³-hybridized carbons (Fsp3) is 0.217. The Bertz CT molecular complexity index is 1210. The fourth-order valence-electron chi connectivity index (χ4n) is 3.25. The summed E-state index contributed by atoms with van der Waals surface area (Å²) in [6, 6.07) is 17.3. The van der Waals surface area contributed by atoms with Gasteiger partial charge in [0.1, 0.15) is 11.5 Å². The molecule has 0 unspecified atom stereocenters. The summed E-state index contributed by atoms with van der Waals surface area (Å²) < 4.78 is 1.49. The molecule has 0 atom stereocenters. The third-order valence-corrected chi connectivity index (χ3v) is 5.70. The van der Waals surface area contributed by atoms with Crippen molar-refractivity contribution in [2.75, 3.05) is 5.32 Å². The molecule has 31 heavy (non-hydrogen) atoms. The lowest BCUT2D eigenvalue weighted by atomic mass is 10.1. The van der Waals surface area contributed by atoms with E-state index in [1.54, 1.807) is 17.4 Å². The van der Waals surface area contributed by atoms with Crippen LogP contribution in [0.5, 0.6) is 0 Å². The van der Waals surface area contributed by atoms with Gasteiger partial charge in [0.25, 0.3) is 5.56 Å². The van der Waals surface area contributed by atoms with Gasteiger partial charge in [-0.2, -0.15) is 9.78 Å². The molecular formula is C23H23N5O2S. The molecule has 0 fully saturated rings. The summed E-state index contributed by atoms with van der Waals surface area (Å²) in [7, 11) is 0. The van der Waals surface area contributed by atoms with Crippen LogP contribution in [0.1, 0.15) is 31.0 Å². The van der Waals surface area contributed by atoms with Gasteiger partial charge < -0.3 is 5.32 Å². The topological polar surface area (TPSA) is 92.7 Å². The molecule has 8 heteroatoms. The molecule has 7 nitrogen and oxygen atoms in total. The number of rotatable bonds is 8. The van der Waals surface area contributed by atoms with Crippen molar-refractivity contribution in [2.24, 2.45) is 0 Å². The number of hydrogen-bond acceptors (Lipinski definition) is 5. The van der Waals surface area contributed by atoms with Gasteiger partial charge in [-0.15, -0.1) is 11.3 Å². The normalized spacial score (nSPS) is 10.9. The first kappa shape index (κ1) is 20.7. The standard InChI is InChI=1S/C23H23N5O2S/c1-2-17-14-22(30)26-23(24-17)28-20(15-18(27-28)19-11-7-13-31-19)25-21(29)12-6-10-16-8-4-3-5-9-16/h3-5,7-9,11,13-15H,2,6,10,12H2,1H3,(H,25,29)(H,24,26,30). The lowest BCUT2D eigenvalue weighted by molar-refractivity contribution is -0.116. The Morgan fingerprint density at radius 2 is 2.00 bits per heavy atom. The highest BCUT2D eigenvalue weighted by Gasteiger charge is 2.16. The quantitative estimate of drug-likeness (QED) is 0.435. The maximum atomic E-state index is 12.6. The first-order valence-electron chi connectivity index (χ1n) is 10.2. The number of hydrogen-bond donors (Lipinski definition) is 2. The molecule has 4 aromatic rings. The first-order chi connectivity index (χ1) is 15.1. The van der Waals surface area contributed by atoms with Gasteiger partial charge in [-0.25, -0.2) is 4.98 Å². The van der Waals surface area contributed by atoms with Crippen LogP contribution in [0.2, 0.25) is 0 Å². The predicted molar refractivity (Wildman–Crippen MR) is 123 cm³/mol. The van der Waals surface area contributed by atoms with Gasteiger partial charge in [0.2, 0.25) is 11.9 Å². The second kappa shape index (κ2) is 9.53. The van der Waals surface area contributed by atoms with Crippen LogP contribution in [0.25, 0.3) is 16.5 Å². The molecule has 1 aromatic carbocycles. The number of aromatic nitrogens is 4. The van der Waals surface area contributed by atoms with Crippen molar-refractivity contribution in [3.8, 4) is 16.5 Å². The Morgan fingerprint density at radius 3 is 2.74 bits per heavy atom. The zero-order valence-electron chi connectivity index (χ0n) is 17.2. The maximum Gasteiger partial charge on any atom is 0.252 e. The minimum Gasteiger partial charge on any atom is -0.310 e. The van der Waals surface area contributed by atoms with E-state index in [0.29, 0.717) is 30.0 Å². The average molecular weight is 434 g/mol. The minimum absolute atomic E-state index is 0.108. The van der Waals surface area contributed by atoms with Gasteiger partial charge in [0, 0.05) is 24.2 Å². The Hall–Kier alpha value is -3.52. The highest BCUT2D eigenvalue weighted by Crippen LogP contribution is 2.27. The van der Waals surface area contributed by atoms with E-state index in [2.05, 4.69) is 32.5 Å². The molecule has 0 aliphatic heterocycles. The molecule has 0 bridgehead atoms. The van der Waals surface area contributed by atoms with Crippen LogP contribution in [0.3, 0.4) is 0 Å². The highest BCUT2D eigenvalue weighted by atomic mass is 32.1. The van der Waals surface area contributed by atoms with Crippen molar-refractivity contribution in [3.05, 3.63) is 81.6 Å². The van der Waals surface area contributed by atoms with Crippen molar-refractivity contribution in [2.45, 2.75) is 32.6 Å². The molecular weight excluding hydrogens is 410 g/mol. The number of aryl methyl sites for hydroxylation is 2. The van der Waals surface area contributed by atoms with E-state index in [9.17, 15) is 9.59 Å². The molecule has 0 radical (unpaired) electrons. The van der Waals surface area contributed by atoms with Crippen molar-refractivity contribution >= 4 is 23.1 Å². The molecule has 3 aromatic heterocycles. The number of thiophene rings is 1. The molecule has 1 amide bonds. The van der Waals surface area contributed by atoms with E-state index in [0.717, 1.165) is 17.7 Å². The lowest BCUT2D eigenvalue weighted by Crippen LogP contribution is -2.19. The smallest absolute Gasteiger partial charge is 0.252 e. The predicted octanol–water partition coefficient (Wildman–Crippen LogP) is 4.21. The average Bonchev–Trinajstić information content (AvgIpc) is 3.44. The lowest BCUT2D eigenvalue weighted by Gasteiger charge is -2.09. The number of carbonyl (C=O) groups is 1. The molecule has 0 aliphatic rings. The number of anilines is 1. The summed E-state index contributed by atoms with van der Waals surface area (Å²) in [5, 5.41) is 9.51. The van der Waals surface area contributed by atoms with Gasteiger partial charge in [0.15, 0.2) is 0 Å². The van der Waals surface area contributed by atoms with Crippen LogP contribution in [-0.4, -0.2) is 25.7 Å². The number of nitrogens with one attached hydrogen (secondary N) is 2. The minimum atomic E-state index is -0.254. The van der Waals surface area contributed by atoms with Crippen LogP contribution in [0, 0.1) is 0 Å². The second-order valence-corrected chi connectivity index (χ2v) is 8.05. The van der Waals surface area contributed by atoms with Crippen molar-refractivity contribution in [1.82, 2.24) is 19.7 Å². The van der Waals surface area contributed by atoms with Crippen LogP contribution in [0.15, 0.2) is 64.8 Å². The molecule has 0 aliphatic carbocycles. The number of carbonyl (C=O) groups excluding carboxylic acids is 1.